The van der Waals surface area contributed by atoms with Crippen LogP contribution in [0.15, 0.2) is 267 Å². The monoisotopic (exact) mass is 1170 g/mol. The number of fused-ring (bicyclic) bond motifs is 4. The van der Waals surface area contributed by atoms with Crippen molar-refractivity contribution in [3.63, 3.8) is 0 Å². The molecule has 0 saturated carbocycles. The molecule has 6 heterocycles. The van der Waals surface area contributed by atoms with Gasteiger partial charge in [0.05, 0.1) is 0 Å². The van der Waals surface area contributed by atoms with Crippen molar-refractivity contribution in [1.82, 2.24) is 0 Å². The van der Waals surface area contributed by atoms with Gasteiger partial charge in [-0.05, 0) is 33.8 Å². The van der Waals surface area contributed by atoms with E-state index in [4.69, 9.17) is 49.4 Å². The molecule has 8 bridgehead atoms. The standard InChI is InChI=1S/C54H52O12Si10/c1-5-67(3)55-69(47-31-15-7-16-32-47)59-71(49-35-19-9-20-36-49)63-73(51-39-23-11-24-40-51)57-68(4,6-2)58-74(52-41-25-12-26-42-52)64-72(50-37-21-10-22-38-50,66-75(73,61-69)53-43-27-13-28-44-53)60-70(56-67,48-33-17-8-18-34-48)62-76(74,65-71)54-45-29-14-30-46-54/h5-46H,1-2H2,3-4H3. The lowest BCUT2D eigenvalue weighted by molar-refractivity contribution is 0.136. The zero-order chi connectivity index (χ0) is 51.8. The van der Waals surface area contributed by atoms with Crippen LogP contribution in [0, 0.1) is 0 Å². The van der Waals surface area contributed by atoms with Crippen molar-refractivity contribution >= 4 is 126 Å². The van der Waals surface area contributed by atoms with Gasteiger partial charge in [0.1, 0.15) is 0 Å². The van der Waals surface area contributed by atoms with Gasteiger partial charge in [-0.1, -0.05) is 254 Å². The molecule has 0 N–H and O–H groups in total. The van der Waals surface area contributed by atoms with E-state index in [0.717, 1.165) is 0 Å². The molecule has 0 radical (unpaired) electrons. The van der Waals surface area contributed by atoms with Crippen LogP contribution in [0.2, 0.25) is 13.1 Å². The third-order valence-corrected chi connectivity index (χ3v) is 70.7. The first-order chi connectivity index (χ1) is 36.9. The molecule has 8 aromatic carbocycles. The van der Waals surface area contributed by atoms with Crippen molar-refractivity contribution in [2.45, 2.75) is 13.1 Å². The highest BCUT2D eigenvalue weighted by Gasteiger charge is 2.90. The quantitative estimate of drug-likeness (QED) is 0.176. The molecule has 8 atom stereocenters. The average Bonchev–Trinajstić information content (AvgIpc) is 3.53. The summed E-state index contributed by atoms with van der Waals surface area (Å²) in [5.41, 5.74) is 3.59. The fourth-order valence-electron chi connectivity index (χ4n) is 10.8. The summed E-state index contributed by atoms with van der Waals surface area (Å²) < 4.78 is 102. The van der Waals surface area contributed by atoms with Gasteiger partial charge in [0, 0.05) is 20.7 Å². The van der Waals surface area contributed by atoms with E-state index in [0.29, 0.717) is 41.5 Å². The van der Waals surface area contributed by atoms with Gasteiger partial charge >= 0.3 is 84.7 Å². The van der Waals surface area contributed by atoms with Crippen LogP contribution in [0.3, 0.4) is 0 Å². The van der Waals surface area contributed by atoms with Gasteiger partial charge < -0.3 is 49.4 Å². The Kier molecular flexibility index (Phi) is 12.5. The molecule has 380 valence electrons. The van der Waals surface area contributed by atoms with Gasteiger partial charge in [0.15, 0.2) is 0 Å². The predicted molar refractivity (Wildman–Crippen MR) is 311 cm³/mol. The van der Waals surface area contributed by atoms with Crippen LogP contribution in [0.25, 0.3) is 0 Å². The number of hydrogen-bond donors (Lipinski definition) is 0. The summed E-state index contributed by atoms with van der Waals surface area (Å²) >= 11 is 0. The van der Waals surface area contributed by atoms with Crippen LogP contribution < -0.4 is 41.5 Å². The van der Waals surface area contributed by atoms with Crippen molar-refractivity contribution < 1.29 is 49.4 Å². The summed E-state index contributed by atoms with van der Waals surface area (Å²) in [7, 11) is -47.5. The molecule has 0 amide bonds. The predicted octanol–water partition coefficient (Wildman–Crippen LogP) is 4.79. The molecule has 8 aromatic rings. The lowest BCUT2D eigenvalue weighted by atomic mass is 10.4. The molecule has 6 aliphatic heterocycles. The second kappa shape index (κ2) is 18.8. The van der Waals surface area contributed by atoms with Crippen LogP contribution in [0.5, 0.6) is 0 Å². The zero-order valence-corrected chi connectivity index (χ0v) is 51.6. The van der Waals surface area contributed by atoms with Gasteiger partial charge in [0.2, 0.25) is 0 Å². The van der Waals surface area contributed by atoms with E-state index in [9.17, 15) is 0 Å². The van der Waals surface area contributed by atoms with E-state index in [1.54, 1.807) is 5.70 Å². The van der Waals surface area contributed by atoms with Crippen molar-refractivity contribution in [3.05, 3.63) is 267 Å². The van der Waals surface area contributed by atoms with Crippen molar-refractivity contribution in [3.8, 4) is 0 Å². The fourth-order valence-corrected chi connectivity index (χ4v) is 90.0. The molecule has 0 spiro atoms. The molecule has 8 unspecified atom stereocenters. The summed E-state index contributed by atoms with van der Waals surface area (Å²) in [6.07, 6.45) is 0. The molecule has 0 aliphatic carbocycles. The third kappa shape index (κ3) is 7.72. The van der Waals surface area contributed by atoms with Crippen molar-refractivity contribution in [2.24, 2.45) is 0 Å². The lowest BCUT2D eigenvalue weighted by Crippen LogP contribution is -2.89. The normalized spacial score (nSPS) is 35.5. The summed E-state index contributed by atoms with van der Waals surface area (Å²) in [5.74, 6) is 0. The molecule has 0 aromatic heterocycles. The molecule has 22 heteroatoms. The van der Waals surface area contributed by atoms with Crippen LogP contribution in [0.4, 0.5) is 0 Å². The van der Waals surface area contributed by atoms with Gasteiger partial charge in [-0.25, -0.2) is 0 Å². The minimum Gasteiger partial charge on any atom is -0.408 e. The summed E-state index contributed by atoms with van der Waals surface area (Å²) in [4.78, 5) is 0. The SMILES string of the molecule is C=C[Si]1(C)O[Si]2(c3ccccc3)O[Si]3(c4ccccc4)O[Si]4(c5ccccc5)O[Si](C)(C=C)O[Si]5(c6ccccc6)O[Si](c6ccccc6)(O[Si](c6ccccc6)(O1)O[Si]5(c1ccccc1)O3)O[Si]4(c1ccccc1)O2. The average molecular weight is 1170 g/mol. The number of benzene rings is 8. The number of hydrogen-bond acceptors (Lipinski definition) is 12. The van der Waals surface area contributed by atoms with Crippen LogP contribution in [-0.2, 0) is 49.4 Å². The van der Waals surface area contributed by atoms with E-state index in [-0.39, 0.29) is 0 Å². The Morgan fingerprint density at radius 1 is 0.224 bits per heavy atom. The first kappa shape index (κ1) is 50.4. The smallest absolute Gasteiger partial charge is 0.408 e. The first-order valence-corrected chi connectivity index (χ1v) is 46.0. The van der Waals surface area contributed by atoms with Crippen LogP contribution in [0.1, 0.15) is 0 Å². The van der Waals surface area contributed by atoms with Gasteiger partial charge in [-0.2, -0.15) is 0 Å². The summed E-state index contributed by atoms with van der Waals surface area (Å²) in [6.45, 7) is 13.1. The molecule has 6 fully saturated rings. The Labute approximate surface area is 452 Å². The third-order valence-electron chi connectivity index (χ3n) is 14.3. The van der Waals surface area contributed by atoms with E-state index in [1.165, 1.54) is 0 Å². The Bertz CT molecular complexity index is 3210. The van der Waals surface area contributed by atoms with E-state index < -0.39 is 84.7 Å². The molecule has 14 rings (SSSR count). The molecular weight excluding hydrogens is 1120 g/mol. The van der Waals surface area contributed by atoms with Crippen molar-refractivity contribution in [1.29, 1.82) is 0 Å². The molecule has 6 aliphatic rings. The minimum absolute atomic E-state index is 0.600. The Morgan fingerprint density at radius 3 is 0.605 bits per heavy atom. The highest BCUT2D eigenvalue weighted by Crippen LogP contribution is 2.51. The largest absolute Gasteiger partial charge is 0.512 e. The highest BCUT2D eigenvalue weighted by molar-refractivity contribution is 7.51. The summed E-state index contributed by atoms with van der Waals surface area (Å²) in [5, 5.41) is 5.09. The van der Waals surface area contributed by atoms with Gasteiger partial charge in [-0.15, -0.1) is 13.2 Å². The van der Waals surface area contributed by atoms with Gasteiger partial charge in [0.25, 0.3) is 0 Å². The Hall–Kier alpha value is -5.07. The molecule has 6 saturated heterocycles. The van der Waals surface area contributed by atoms with Crippen molar-refractivity contribution in [2.75, 3.05) is 0 Å². The number of rotatable bonds is 10. The zero-order valence-electron chi connectivity index (χ0n) is 41.6. The van der Waals surface area contributed by atoms with E-state index in [2.05, 4.69) is 13.2 Å². The van der Waals surface area contributed by atoms with Crippen LogP contribution in [-0.4, -0.2) is 84.7 Å². The molecule has 12 nitrogen and oxygen atoms in total. The van der Waals surface area contributed by atoms with Crippen LogP contribution >= 0.6 is 0 Å². The second-order valence-corrected chi connectivity index (χ2v) is 55.9. The van der Waals surface area contributed by atoms with E-state index >= 15 is 0 Å². The highest BCUT2D eigenvalue weighted by atomic mass is 29.3. The molecule has 76 heavy (non-hydrogen) atoms. The second-order valence-electron chi connectivity index (χ2n) is 19.3. The summed E-state index contributed by atoms with van der Waals surface area (Å²) in [6, 6.07) is 79.5. The lowest BCUT2D eigenvalue weighted by Gasteiger charge is -2.52. The topological polar surface area (TPSA) is 111 Å². The minimum atomic E-state index is -5.00. The first-order valence-electron chi connectivity index (χ1n) is 25.1. The Morgan fingerprint density at radius 2 is 0.395 bits per heavy atom. The van der Waals surface area contributed by atoms with E-state index in [1.807, 2.05) is 261 Å². The molecular formula is C54H52O12Si10. The maximum absolute atomic E-state index is 8.85. The Balaban J connectivity index is 1.38. The maximum atomic E-state index is 8.85. The maximum Gasteiger partial charge on any atom is 0.512 e. The fraction of sp³-hybridized carbons (Fsp3) is 0.0370. The van der Waals surface area contributed by atoms with Gasteiger partial charge in [-0.3, -0.25) is 0 Å².